The van der Waals surface area contributed by atoms with Crippen molar-refractivity contribution in [2.24, 2.45) is 5.92 Å². The van der Waals surface area contributed by atoms with Crippen LogP contribution >= 0.6 is 11.6 Å². The number of nitrogen functional groups attached to an aromatic ring is 1. The van der Waals surface area contributed by atoms with E-state index < -0.39 is 0 Å². The quantitative estimate of drug-likeness (QED) is 0.629. The van der Waals surface area contributed by atoms with Crippen molar-refractivity contribution in [1.29, 1.82) is 0 Å². The Morgan fingerprint density at radius 1 is 1.56 bits per heavy atom. The molecular formula is C13H18ClNO. The third-order valence-corrected chi connectivity index (χ3v) is 2.83. The van der Waals surface area contributed by atoms with Gasteiger partial charge in [-0.2, -0.15) is 0 Å². The maximum Gasteiger partial charge on any atom is 0.0919 e. The molecule has 0 saturated carbocycles. The average Bonchev–Trinajstić information content (AvgIpc) is 2.24. The van der Waals surface area contributed by atoms with Crippen molar-refractivity contribution in [3.63, 3.8) is 0 Å². The van der Waals surface area contributed by atoms with Crippen molar-refractivity contribution in [2.45, 2.75) is 20.3 Å². The van der Waals surface area contributed by atoms with Crippen molar-refractivity contribution in [2.75, 3.05) is 12.3 Å². The number of allylic oxidation sites excluding steroid dienone is 1. The van der Waals surface area contributed by atoms with E-state index in [9.17, 15) is 0 Å². The van der Waals surface area contributed by atoms with E-state index in [0.717, 1.165) is 17.7 Å². The second-order valence-corrected chi connectivity index (χ2v) is 4.27. The van der Waals surface area contributed by atoms with E-state index in [-0.39, 0.29) is 5.92 Å². The molecule has 1 atom stereocenters. The summed E-state index contributed by atoms with van der Waals surface area (Å²) in [4.78, 5) is 0. The summed E-state index contributed by atoms with van der Waals surface area (Å²) in [7, 11) is 0. The number of anilines is 1. The molecule has 0 amide bonds. The average molecular weight is 240 g/mol. The molecule has 0 aliphatic carbocycles. The first-order valence-electron chi connectivity index (χ1n) is 5.40. The lowest BCUT2D eigenvalue weighted by atomic mass is 9.99. The van der Waals surface area contributed by atoms with Crippen molar-refractivity contribution >= 4 is 17.3 Å². The van der Waals surface area contributed by atoms with Gasteiger partial charge < -0.3 is 10.5 Å². The van der Waals surface area contributed by atoms with Crippen LogP contribution in [0.25, 0.3) is 0 Å². The summed E-state index contributed by atoms with van der Waals surface area (Å²) in [6.07, 6.45) is 0.861. The standard InChI is InChI=1S/C13H18ClNO/c1-4-16-10(3)9(2)7-11-5-6-12(14)13(15)8-11/h5-6,8-9H,3-4,7,15H2,1-2H3/t9-/m0/s1. The Morgan fingerprint density at radius 3 is 2.81 bits per heavy atom. The van der Waals surface area contributed by atoms with Gasteiger partial charge in [0.15, 0.2) is 0 Å². The smallest absolute Gasteiger partial charge is 0.0919 e. The summed E-state index contributed by atoms with van der Waals surface area (Å²) >= 11 is 5.86. The molecule has 0 spiro atoms. The van der Waals surface area contributed by atoms with E-state index >= 15 is 0 Å². The summed E-state index contributed by atoms with van der Waals surface area (Å²) in [5, 5.41) is 0.597. The molecule has 0 aromatic heterocycles. The molecule has 0 unspecified atom stereocenters. The van der Waals surface area contributed by atoms with Gasteiger partial charge in [-0.1, -0.05) is 31.2 Å². The van der Waals surface area contributed by atoms with Crippen molar-refractivity contribution < 1.29 is 4.74 Å². The lowest BCUT2D eigenvalue weighted by Gasteiger charge is -2.15. The Kier molecular flexibility index (Phi) is 4.69. The molecule has 0 saturated heterocycles. The van der Waals surface area contributed by atoms with Crippen molar-refractivity contribution in [3.8, 4) is 0 Å². The summed E-state index contributed by atoms with van der Waals surface area (Å²) in [5.41, 5.74) is 7.51. The predicted molar refractivity (Wildman–Crippen MR) is 69.5 cm³/mol. The van der Waals surface area contributed by atoms with E-state index in [0.29, 0.717) is 17.3 Å². The largest absolute Gasteiger partial charge is 0.499 e. The molecule has 1 aromatic carbocycles. The highest BCUT2D eigenvalue weighted by atomic mass is 35.5. The van der Waals surface area contributed by atoms with Gasteiger partial charge in [0.25, 0.3) is 0 Å². The van der Waals surface area contributed by atoms with Gasteiger partial charge in [-0.05, 0) is 31.0 Å². The third-order valence-electron chi connectivity index (χ3n) is 2.48. The number of rotatable bonds is 5. The number of hydrogen-bond acceptors (Lipinski definition) is 2. The molecular weight excluding hydrogens is 222 g/mol. The maximum absolute atomic E-state index is 5.86. The predicted octanol–water partition coefficient (Wildman–Crippen LogP) is 3.65. The SMILES string of the molecule is C=C(OCC)[C@@H](C)Cc1ccc(Cl)c(N)c1. The van der Waals surface area contributed by atoms with E-state index in [1.54, 1.807) is 0 Å². The number of nitrogens with two attached hydrogens (primary N) is 1. The highest BCUT2D eigenvalue weighted by molar-refractivity contribution is 6.33. The molecule has 0 aliphatic rings. The molecule has 3 heteroatoms. The molecule has 0 aliphatic heterocycles. The van der Waals surface area contributed by atoms with Crippen LogP contribution in [0.4, 0.5) is 5.69 Å². The zero-order valence-electron chi connectivity index (χ0n) is 9.79. The van der Waals surface area contributed by atoms with Gasteiger partial charge in [0.1, 0.15) is 0 Å². The van der Waals surface area contributed by atoms with E-state index in [1.807, 2.05) is 25.1 Å². The van der Waals surface area contributed by atoms with Crippen LogP contribution in [-0.2, 0) is 11.2 Å². The molecule has 2 nitrogen and oxygen atoms in total. The molecule has 1 aromatic rings. The normalized spacial score (nSPS) is 12.2. The van der Waals surface area contributed by atoms with Gasteiger partial charge in [0.2, 0.25) is 0 Å². The van der Waals surface area contributed by atoms with Crippen LogP contribution in [0.15, 0.2) is 30.5 Å². The Morgan fingerprint density at radius 2 is 2.25 bits per heavy atom. The van der Waals surface area contributed by atoms with Crippen LogP contribution in [0.2, 0.25) is 5.02 Å². The first kappa shape index (κ1) is 12.9. The Balaban J connectivity index is 2.66. The second kappa shape index (κ2) is 5.80. The maximum atomic E-state index is 5.86. The molecule has 1 rings (SSSR count). The van der Waals surface area contributed by atoms with Gasteiger partial charge >= 0.3 is 0 Å². The van der Waals surface area contributed by atoms with Crippen molar-refractivity contribution in [3.05, 3.63) is 41.1 Å². The van der Waals surface area contributed by atoms with Gasteiger partial charge in [0.05, 0.1) is 23.1 Å². The Labute approximate surface area is 102 Å². The van der Waals surface area contributed by atoms with Crippen molar-refractivity contribution in [1.82, 2.24) is 0 Å². The highest BCUT2D eigenvalue weighted by Crippen LogP contribution is 2.23. The van der Waals surface area contributed by atoms with Crippen LogP contribution in [0.3, 0.4) is 0 Å². The lowest BCUT2D eigenvalue weighted by molar-refractivity contribution is 0.197. The number of hydrogen-bond donors (Lipinski definition) is 1. The molecule has 0 radical (unpaired) electrons. The van der Waals surface area contributed by atoms with Gasteiger partial charge in [-0.3, -0.25) is 0 Å². The first-order chi connectivity index (χ1) is 7.54. The van der Waals surface area contributed by atoms with Gasteiger partial charge in [-0.15, -0.1) is 0 Å². The zero-order chi connectivity index (χ0) is 12.1. The summed E-state index contributed by atoms with van der Waals surface area (Å²) < 4.78 is 5.38. The van der Waals surface area contributed by atoms with Gasteiger partial charge in [-0.25, -0.2) is 0 Å². The third kappa shape index (κ3) is 3.46. The highest BCUT2D eigenvalue weighted by Gasteiger charge is 2.09. The number of halogens is 1. The minimum atomic E-state index is 0.278. The minimum Gasteiger partial charge on any atom is -0.499 e. The Hall–Kier alpha value is -1.15. The van der Waals surface area contributed by atoms with E-state index in [4.69, 9.17) is 22.1 Å². The van der Waals surface area contributed by atoms with Gasteiger partial charge in [0, 0.05) is 5.92 Å². The second-order valence-electron chi connectivity index (χ2n) is 3.86. The number of benzene rings is 1. The molecule has 0 fully saturated rings. The fourth-order valence-electron chi connectivity index (χ4n) is 1.52. The topological polar surface area (TPSA) is 35.2 Å². The monoisotopic (exact) mass is 239 g/mol. The molecule has 2 N–H and O–H groups in total. The van der Waals surface area contributed by atoms with Crippen LogP contribution in [0, 0.1) is 5.92 Å². The van der Waals surface area contributed by atoms with E-state index in [2.05, 4.69) is 13.5 Å². The fraction of sp³-hybridized carbons (Fsp3) is 0.385. The minimum absolute atomic E-state index is 0.278. The number of ether oxygens (including phenoxy) is 1. The van der Waals surface area contributed by atoms with Crippen LogP contribution in [-0.4, -0.2) is 6.61 Å². The Bertz CT molecular complexity index is 376. The molecule has 16 heavy (non-hydrogen) atoms. The first-order valence-corrected chi connectivity index (χ1v) is 5.77. The van der Waals surface area contributed by atoms with Crippen LogP contribution in [0.5, 0.6) is 0 Å². The van der Waals surface area contributed by atoms with Crippen LogP contribution < -0.4 is 5.73 Å². The molecule has 88 valence electrons. The summed E-state index contributed by atoms with van der Waals surface area (Å²) in [6, 6.07) is 5.70. The summed E-state index contributed by atoms with van der Waals surface area (Å²) in [5.74, 6) is 1.09. The zero-order valence-corrected chi connectivity index (χ0v) is 10.6. The van der Waals surface area contributed by atoms with E-state index in [1.165, 1.54) is 0 Å². The summed E-state index contributed by atoms with van der Waals surface area (Å²) in [6.45, 7) is 8.60. The molecule has 0 bridgehead atoms. The van der Waals surface area contributed by atoms with Crippen LogP contribution in [0.1, 0.15) is 19.4 Å². The molecule has 0 heterocycles. The fourth-order valence-corrected chi connectivity index (χ4v) is 1.63. The lowest BCUT2D eigenvalue weighted by Crippen LogP contribution is -2.06.